The topological polar surface area (TPSA) is 73.8 Å². The van der Waals surface area contributed by atoms with Crippen molar-refractivity contribution in [1.82, 2.24) is 9.58 Å². The summed E-state index contributed by atoms with van der Waals surface area (Å²) in [5, 5.41) is 16.5. The minimum atomic E-state index is -0.407. The van der Waals surface area contributed by atoms with Gasteiger partial charge in [0.25, 0.3) is 5.91 Å². The van der Waals surface area contributed by atoms with Crippen LogP contribution in [0.25, 0.3) is 11.8 Å². The Morgan fingerprint density at radius 3 is 2.73 bits per heavy atom. The first-order valence-corrected chi connectivity index (χ1v) is 10.9. The summed E-state index contributed by atoms with van der Waals surface area (Å²) in [6.45, 7) is 8.12. The molecule has 3 heterocycles. The van der Waals surface area contributed by atoms with Crippen molar-refractivity contribution >= 4 is 51.4 Å². The van der Waals surface area contributed by atoms with Gasteiger partial charge in [0.05, 0.1) is 5.57 Å². The first-order chi connectivity index (χ1) is 14.3. The molecule has 6 nitrogen and oxygen atoms in total. The Labute approximate surface area is 184 Å². The highest BCUT2D eigenvalue weighted by molar-refractivity contribution is 8.26. The van der Waals surface area contributed by atoms with Gasteiger partial charge in [-0.25, -0.2) is 0 Å². The van der Waals surface area contributed by atoms with Crippen molar-refractivity contribution in [2.75, 3.05) is 0 Å². The second kappa shape index (κ2) is 7.89. The molecule has 0 fully saturated rings. The first-order valence-electron chi connectivity index (χ1n) is 9.74. The molecule has 1 aromatic heterocycles. The van der Waals surface area contributed by atoms with Crippen LogP contribution in [0.2, 0.25) is 5.02 Å². The molecule has 1 N–H and O–H groups in total. The second-order valence-electron chi connectivity index (χ2n) is 7.36. The fourth-order valence-electron chi connectivity index (χ4n) is 3.63. The first kappa shape index (κ1) is 20.6. The van der Waals surface area contributed by atoms with E-state index in [0.717, 1.165) is 46.1 Å². The number of hydrogen-bond acceptors (Lipinski definition) is 4. The average molecular weight is 440 g/mol. The van der Waals surface area contributed by atoms with Gasteiger partial charge < -0.3 is 4.57 Å². The molecule has 2 aliphatic heterocycles. The van der Waals surface area contributed by atoms with E-state index in [2.05, 4.69) is 21.6 Å². The molecule has 1 aromatic carbocycles. The molecule has 0 aliphatic carbocycles. The van der Waals surface area contributed by atoms with Gasteiger partial charge in [-0.15, -0.1) is 0 Å². The lowest BCUT2D eigenvalue weighted by Gasteiger charge is -2.20. The number of nitrogens with zero attached hydrogens (tertiary/aromatic N) is 4. The molecule has 4 rings (SSSR count). The summed E-state index contributed by atoms with van der Waals surface area (Å²) in [5.74, 6) is -0.345. The normalized spacial score (nSPS) is 17.5. The number of carbonyl (C=O) groups excluding carboxylic acids is 1. The van der Waals surface area contributed by atoms with Gasteiger partial charge in [-0.1, -0.05) is 24.6 Å². The number of hydrogen-bond donors (Lipinski definition) is 1. The zero-order chi connectivity index (χ0) is 21.6. The lowest BCUT2D eigenvalue weighted by atomic mass is 10.1. The van der Waals surface area contributed by atoms with Gasteiger partial charge in [-0.2, -0.15) is 15.1 Å². The molecule has 0 atom stereocenters. The van der Waals surface area contributed by atoms with Gasteiger partial charge >= 0.3 is 0 Å². The molecule has 1 amide bonds. The summed E-state index contributed by atoms with van der Waals surface area (Å²) in [6, 6.07) is 7.80. The van der Waals surface area contributed by atoms with Crippen molar-refractivity contribution in [3.8, 4) is 5.69 Å². The molecule has 2 aromatic rings. The fourth-order valence-corrected chi connectivity index (χ4v) is 4.78. The molecule has 154 valence electrons. The van der Waals surface area contributed by atoms with E-state index < -0.39 is 5.91 Å². The predicted molar refractivity (Wildman–Crippen MR) is 125 cm³/mol. The summed E-state index contributed by atoms with van der Waals surface area (Å²) >= 11 is 7.59. The highest BCUT2D eigenvalue weighted by Gasteiger charge is 2.35. The molecule has 0 bridgehead atoms. The monoisotopic (exact) mass is 439 g/mol. The van der Waals surface area contributed by atoms with E-state index in [-0.39, 0.29) is 11.4 Å². The van der Waals surface area contributed by atoms with Gasteiger partial charge in [-0.3, -0.25) is 10.2 Å². The summed E-state index contributed by atoms with van der Waals surface area (Å²) in [5.41, 5.74) is 5.18. The van der Waals surface area contributed by atoms with Crippen LogP contribution in [-0.2, 0) is 4.79 Å². The molecule has 2 aliphatic rings. The molecule has 8 heteroatoms. The summed E-state index contributed by atoms with van der Waals surface area (Å²) in [7, 11) is 0. The lowest BCUT2D eigenvalue weighted by molar-refractivity contribution is -0.114. The lowest BCUT2D eigenvalue weighted by Crippen LogP contribution is -2.35. The van der Waals surface area contributed by atoms with Crippen LogP contribution >= 0.6 is 23.4 Å². The van der Waals surface area contributed by atoms with Crippen LogP contribution in [0.1, 0.15) is 42.3 Å². The molecule has 0 unspecified atom stereocenters. The number of amidine groups is 2. The Balaban J connectivity index is 1.75. The zero-order valence-electron chi connectivity index (χ0n) is 17.3. The number of amides is 1. The summed E-state index contributed by atoms with van der Waals surface area (Å²) < 4.78 is 2.11. The Kier molecular flexibility index (Phi) is 5.42. The number of rotatable bonds is 4. The third kappa shape index (κ3) is 3.52. The van der Waals surface area contributed by atoms with Crippen LogP contribution in [0.3, 0.4) is 0 Å². The number of benzene rings is 1. The number of hydrazone groups is 1. The fraction of sp³-hybridized carbons (Fsp3) is 0.273. The van der Waals surface area contributed by atoms with Crippen molar-refractivity contribution in [3.05, 3.63) is 57.4 Å². The van der Waals surface area contributed by atoms with Gasteiger partial charge in [0.1, 0.15) is 5.04 Å². The van der Waals surface area contributed by atoms with Crippen LogP contribution in [0.5, 0.6) is 0 Å². The molecule has 0 saturated heterocycles. The van der Waals surface area contributed by atoms with Gasteiger partial charge in [-0.05, 0) is 80.8 Å². The Bertz CT molecular complexity index is 1170. The smallest absolute Gasteiger partial charge is 0.283 e. The van der Waals surface area contributed by atoms with Crippen LogP contribution in [-0.4, -0.2) is 31.5 Å². The van der Waals surface area contributed by atoms with E-state index in [0.29, 0.717) is 10.2 Å². The number of halogens is 1. The molecule has 0 spiro atoms. The maximum Gasteiger partial charge on any atom is 0.283 e. The second-order valence-corrected chi connectivity index (χ2v) is 8.83. The minimum Gasteiger partial charge on any atom is -0.318 e. The average Bonchev–Trinajstić information content (AvgIpc) is 3.21. The van der Waals surface area contributed by atoms with E-state index >= 15 is 0 Å². The third-order valence-corrected chi connectivity index (χ3v) is 6.35. The predicted octanol–water partition coefficient (Wildman–Crippen LogP) is 5.48. The number of nitrogens with one attached hydrogen (secondary N) is 1. The Morgan fingerprint density at radius 1 is 1.23 bits per heavy atom. The number of thioether (sulfide) groups is 1. The maximum atomic E-state index is 12.7. The largest absolute Gasteiger partial charge is 0.318 e. The quantitative estimate of drug-likeness (QED) is 0.641. The van der Waals surface area contributed by atoms with E-state index in [1.54, 1.807) is 6.08 Å². The maximum absolute atomic E-state index is 12.7. The Hall–Kier alpha value is -2.64. The van der Waals surface area contributed by atoms with E-state index in [1.165, 1.54) is 16.8 Å². The number of aromatic nitrogens is 1. The van der Waals surface area contributed by atoms with E-state index in [9.17, 15) is 4.79 Å². The summed E-state index contributed by atoms with van der Waals surface area (Å²) in [4.78, 5) is 16.8. The van der Waals surface area contributed by atoms with Crippen molar-refractivity contribution in [2.24, 2.45) is 10.1 Å². The highest BCUT2D eigenvalue weighted by atomic mass is 35.5. The zero-order valence-corrected chi connectivity index (χ0v) is 18.9. The Morgan fingerprint density at radius 2 is 2.00 bits per heavy atom. The number of carbonyl (C=O) groups is 1. The number of aryl methyl sites for hydroxylation is 2. The molecule has 0 radical (unpaired) electrons. The molecule has 0 saturated carbocycles. The van der Waals surface area contributed by atoms with Crippen LogP contribution in [0.4, 0.5) is 0 Å². The van der Waals surface area contributed by atoms with Crippen molar-refractivity contribution in [1.29, 1.82) is 5.41 Å². The summed E-state index contributed by atoms with van der Waals surface area (Å²) in [6.07, 6.45) is 3.49. The van der Waals surface area contributed by atoms with Crippen LogP contribution in [0.15, 0.2) is 39.9 Å². The van der Waals surface area contributed by atoms with Gasteiger partial charge in [0.2, 0.25) is 5.17 Å². The van der Waals surface area contributed by atoms with Crippen LogP contribution in [0, 0.1) is 26.2 Å². The van der Waals surface area contributed by atoms with E-state index in [1.807, 2.05) is 45.0 Å². The molecular formula is C22H22ClN5OS. The molecular weight excluding hydrogens is 418 g/mol. The van der Waals surface area contributed by atoms with Crippen molar-refractivity contribution in [3.63, 3.8) is 0 Å². The SMILES string of the molecule is CCCC1=NN2C(=N)/C(=C/c3cc(C)n(-c4cc(Cl)ccc4C)c3C)C(=O)N=C2S1. The van der Waals surface area contributed by atoms with Crippen molar-refractivity contribution in [2.45, 2.75) is 40.5 Å². The van der Waals surface area contributed by atoms with E-state index in [4.69, 9.17) is 17.0 Å². The third-order valence-electron chi connectivity index (χ3n) is 5.14. The van der Waals surface area contributed by atoms with Gasteiger partial charge in [0, 0.05) is 22.1 Å². The molecule has 30 heavy (non-hydrogen) atoms. The van der Waals surface area contributed by atoms with Crippen molar-refractivity contribution < 1.29 is 4.79 Å². The number of fused-ring (bicyclic) bond motifs is 1. The van der Waals surface area contributed by atoms with Gasteiger partial charge in [0.15, 0.2) is 5.84 Å². The highest BCUT2D eigenvalue weighted by Crippen LogP contribution is 2.31. The van der Waals surface area contributed by atoms with Crippen LogP contribution < -0.4 is 0 Å². The number of aliphatic imine (C=N–C) groups is 1. The minimum absolute atomic E-state index is 0.0624. The standard InChI is InChI=1S/C22H22ClN5OS/c1-5-6-19-26-28-20(24)17(21(29)25-22(28)30-19)10-15-9-13(3)27(14(15)4)18-11-16(23)8-7-12(18)2/h7-11,24H,5-6H2,1-4H3/b17-10-,24-20?.